The molecule has 2 aliphatic rings. The fourth-order valence-electron chi connectivity index (χ4n) is 2.82. The molecule has 84 valence electrons. The normalized spacial score (nSPS) is 28.2. The molecule has 1 aromatic rings. The Bertz CT molecular complexity index is 397. The summed E-state index contributed by atoms with van der Waals surface area (Å²) in [6, 6.07) is 2.09. The first-order valence-electron chi connectivity index (χ1n) is 6.01. The van der Waals surface area contributed by atoms with Crippen molar-refractivity contribution in [3.05, 3.63) is 30.2 Å². The molecule has 0 spiro atoms. The van der Waals surface area contributed by atoms with Crippen LogP contribution in [0.2, 0.25) is 0 Å². The van der Waals surface area contributed by atoms with Gasteiger partial charge in [-0.25, -0.2) is 9.97 Å². The van der Waals surface area contributed by atoms with Gasteiger partial charge >= 0.3 is 0 Å². The average molecular weight is 215 g/mol. The molecule has 3 heteroatoms. The first-order chi connectivity index (χ1) is 7.83. The molecule has 2 unspecified atom stereocenters. The minimum atomic E-state index is 0.834. The van der Waals surface area contributed by atoms with E-state index in [1.165, 1.54) is 12.8 Å². The standard InChI is InChI=1S/C13H17N3/c1-10-6-13(15-9-14-10)16-7-11-4-2-3-5-12(11)8-16/h2-3,6,9,11-12H,4-5,7-8H2,1H3. The molecule has 3 rings (SSSR count). The maximum Gasteiger partial charge on any atom is 0.132 e. The molecule has 0 amide bonds. The lowest BCUT2D eigenvalue weighted by Crippen LogP contribution is -2.21. The van der Waals surface area contributed by atoms with E-state index in [0.717, 1.165) is 36.4 Å². The van der Waals surface area contributed by atoms with Crippen molar-refractivity contribution in [1.29, 1.82) is 0 Å². The Labute approximate surface area is 96.2 Å². The number of rotatable bonds is 1. The summed E-state index contributed by atoms with van der Waals surface area (Å²) in [4.78, 5) is 10.9. The van der Waals surface area contributed by atoms with Crippen LogP contribution in [-0.4, -0.2) is 23.1 Å². The van der Waals surface area contributed by atoms with Crippen LogP contribution in [0.25, 0.3) is 0 Å². The lowest BCUT2D eigenvalue weighted by molar-refractivity contribution is 0.411. The Kier molecular flexibility index (Phi) is 2.39. The van der Waals surface area contributed by atoms with Crippen LogP contribution in [0.5, 0.6) is 0 Å². The number of fused-ring (bicyclic) bond motifs is 1. The summed E-state index contributed by atoms with van der Waals surface area (Å²) in [7, 11) is 0. The van der Waals surface area contributed by atoms with E-state index in [9.17, 15) is 0 Å². The molecule has 0 radical (unpaired) electrons. The lowest BCUT2D eigenvalue weighted by atomic mass is 9.86. The molecule has 1 aliphatic heterocycles. The van der Waals surface area contributed by atoms with Gasteiger partial charge in [0.15, 0.2) is 0 Å². The van der Waals surface area contributed by atoms with Gasteiger partial charge in [0, 0.05) is 24.8 Å². The van der Waals surface area contributed by atoms with E-state index >= 15 is 0 Å². The highest BCUT2D eigenvalue weighted by Crippen LogP contribution is 2.34. The maximum atomic E-state index is 4.37. The summed E-state index contributed by atoms with van der Waals surface area (Å²) in [6.45, 7) is 4.34. The first-order valence-corrected chi connectivity index (χ1v) is 6.01. The van der Waals surface area contributed by atoms with Crippen molar-refractivity contribution >= 4 is 5.82 Å². The molecule has 0 aromatic carbocycles. The molecule has 2 atom stereocenters. The molecule has 1 aliphatic carbocycles. The van der Waals surface area contributed by atoms with Gasteiger partial charge in [-0.3, -0.25) is 0 Å². The molecule has 0 N–H and O–H groups in total. The van der Waals surface area contributed by atoms with E-state index in [1.807, 2.05) is 6.92 Å². The zero-order valence-electron chi connectivity index (χ0n) is 9.63. The van der Waals surface area contributed by atoms with Gasteiger partial charge in [-0.2, -0.15) is 0 Å². The van der Waals surface area contributed by atoms with Gasteiger partial charge in [0.25, 0.3) is 0 Å². The summed E-state index contributed by atoms with van der Waals surface area (Å²) >= 11 is 0. The van der Waals surface area contributed by atoms with Gasteiger partial charge in [-0.1, -0.05) is 12.2 Å². The van der Waals surface area contributed by atoms with Crippen molar-refractivity contribution in [2.45, 2.75) is 19.8 Å². The number of anilines is 1. The number of hydrogen-bond donors (Lipinski definition) is 0. The van der Waals surface area contributed by atoms with Crippen molar-refractivity contribution < 1.29 is 0 Å². The Hall–Kier alpha value is -1.38. The number of allylic oxidation sites excluding steroid dienone is 2. The molecule has 2 heterocycles. The number of hydrogen-bond acceptors (Lipinski definition) is 3. The molecule has 1 aromatic heterocycles. The molecule has 1 fully saturated rings. The van der Waals surface area contributed by atoms with Gasteiger partial charge in [0.1, 0.15) is 12.1 Å². The van der Waals surface area contributed by atoms with E-state index in [0.29, 0.717) is 0 Å². The number of nitrogens with zero attached hydrogens (tertiary/aromatic N) is 3. The van der Waals surface area contributed by atoms with Gasteiger partial charge in [0.2, 0.25) is 0 Å². The first kappa shape index (κ1) is 9.82. The lowest BCUT2D eigenvalue weighted by Gasteiger charge is -2.17. The van der Waals surface area contributed by atoms with E-state index in [1.54, 1.807) is 6.33 Å². The molecule has 0 saturated carbocycles. The number of aryl methyl sites for hydroxylation is 1. The third-order valence-corrected chi connectivity index (χ3v) is 3.73. The third kappa shape index (κ3) is 1.70. The van der Waals surface area contributed by atoms with Crippen LogP contribution in [0, 0.1) is 18.8 Å². The van der Waals surface area contributed by atoms with Gasteiger partial charge < -0.3 is 4.90 Å². The zero-order valence-corrected chi connectivity index (χ0v) is 9.63. The van der Waals surface area contributed by atoms with Crippen LogP contribution < -0.4 is 4.90 Å². The van der Waals surface area contributed by atoms with Crippen LogP contribution in [-0.2, 0) is 0 Å². The minimum Gasteiger partial charge on any atom is -0.356 e. The van der Waals surface area contributed by atoms with Crippen molar-refractivity contribution in [2.75, 3.05) is 18.0 Å². The fraction of sp³-hybridized carbons (Fsp3) is 0.538. The Balaban J connectivity index is 1.79. The highest BCUT2D eigenvalue weighted by Gasteiger charge is 2.33. The van der Waals surface area contributed by atoms with Gasteiger partial charge in [-0.05, 0) is 31.6 Å². The van der Waals surface area contributed by atoms with Crippen molar-refractivity contribution in [1.82, 2.24) is 9.97 Å². The Morgan fingerprint density at radius 1 is 1.12 bits per heavy atom. The second kappa shape index (κ2) is 3.89. The molecule has 16 heavy (non-hydrogen) atoms. The molecule has 1 saturated heterocycles. The van der Waals surface area contributed by atoms with Gasteiger partial charge in [-0.15, -0.1) is 0 Å². The topological polar surface area (TPSA) is 29.0 Å². The van der Waals surface area contributed by atoms with Crippen molar-refractivity contribution in [3.8, 4) is 0 Å². The second-order valence-corrected chi connectivity index (χ2v) is 4.89. The summed E-state index contributed by atoms with van der Waals surface area (Å²) in [5.74, 6) is 2.77. The third-order valence-electron chi connectivity index (χ3n) is 3.73. The average Bonchev–Trinajstić information content (AvgIpc) is 2.72. The smallest absolute Gasteiger partial charge is 0.132 e. The summed E-state index contributed by atoms with van der Waals surface area (Å²) in [6.07, 6.45) is 8.81. The minimum absolute atomic E-state index is 0.834. The highest BCUT2D eigenvalue weighted by molar-refractivity contribution is 5.40. The largest absolute Gasteiger partial charge is 0.356 e. The fourth-order valence-corrected chi connectivity index (χ4v) is 2.82. The van der Waals surface area contributed by atoms with Crippen molar-refractivity contribution in [2.24, 2.45) is 11.8 Å². The molecule has 3 nitrogen and oxygen atoms in total. The summed E-state index contributed by atoms with van der Waals surface area (Å²) in [5.41, 5.74) is 1.05. The Morgan fingerprint density at radius 2 is 1.81 bits per heavy atom. The Morgan fingerprint density at radius 3 is 2.44 bits per heavy atom. The van der Waals surface area contributed by atoms with E-state index in [-0.39, 0.29) is 0 Å². The zero-order chi connectivity index (χ0) is 11.0. The van der Waals surface area contributed by atoms with Crippen LogP contribution in [0.15, 0.2) is 24.5 Å². The predicted octanol–water partition coefficient (Wildman–Crippen LogP) is 2.19. The monoisotopic (exact) mass is 215 g/mol. The van der Waals surface area contributed by atoms with E-state index in [4.69, 9.17) is 0 Å². The highest BCUT2D eigenvalue weighted by atomic mass is 15.2. The summed E-state index contributed by atoms with van der Waals surface area (Å²) in [5, 5.41) is 0. The SMILES string of the molecule is Cc1cc(N2CC3CC=CCC3C2)ncn1. The van der Waals surface area contributed by atoms with Crippen LogP contribution in [0.4, 0.5) is 5.82 Å². The maximum absolute atomic E-state index is 4.37. The summed E-state index contributed by atoms with van der Waals surface area (Å²) < 4.78 is 0. The predicted molar refractivity (Wildman–Crippen MR) is 64.3 cm³/mol. The van der Waals surface area contributed by atoms with Crippen LogP contribution in [0.1, 0.15) is 18.5 Å². The molecular formula is C13H17N3. The van der Waals surface area contributed by atoms with Crippen LogP contribution in [0.3, 0.4) is 0 Å². The van der Waals surface area contributed by atoms with E-state index in [2.05, 4.69) is 33.1 Å². The molecule has 0 bridgehead atoms. The molecular weight excluding hydrogens is 198 g/mol. The van der Waals surface area contributed by atoms with E-state index < -0.39 is 0 Å². The van der Waals surface area contributed by atoms with Gasteiger partial charge in [0.05, 0.1) is 0 Å². The van der Waals surface area contributed by atoms with Crippen LogP contribution >= 0.6 is 0 Å². The quantitative estimate of drug-likeness (QED) is 0.672. The second-order valence-electron chi connectivity index (χ2n) is 4.89. The van der Waals surface area contributed by atoms with Crippen molar-refractivity contribution in [3.63, 3.8) is 0 Å². The number of aromatic nitrogens is 2.